The molecule has 0 aromatic carbocycles. The molecule has 0 fully saturated rings. The zero-order chi connectivity index (χ0) is 9.97. The number of hydrogen-bond donors (Lipinski definition) is 2. The van der Waals surface area contributed by atoms with Gasteiger partial charge in [0, 0.05) is 18.0 Å². The molecule has 0 radical (unpaired) electrons. The van der Waals surface area contributed by atoms with Crippen molar-refractivity contribution in [1.29, 1.82) is 0 Å². The Balaban J connectivity index is 0.00000112. The van der Waals surface area contributed by atoms with E-state index >= 15 is 0 Å². The molecule has 1 aliphatic rings. The third-order valence-electron chi connectivity index (χ3n) is 2.04. The smallest absolute Gasteiger partial charge is 0.248 e. The number of aliphatic imine (C=N–C) groups is 1. The number of thioether (sulfide) groups is 1. The van der Waals surface area contributed by atoms with Crippen LogP contribution in [0, 0.1) is 0 Å². The molecule has 2 heterocycles. The summed E-state index contributed by atoms with van der Waals surface area (Å²) in [6.07, 6.45) is 2.45. The average Bonchev–Trinajstić information content (AvgIpc) is 2.51. The molecule has 0 aliphatic carbocycles. The van der Waals surface area contributed by atoms with E-state index in [1.165, 1.54) is 0 Å². The number of pyridine rings is 1. The Labute approximate surface area is 97.8 Å². The molecule has 3 N–H and O–H groups in total. The number of halogens is 1. The summed E-state index contributed by atoms with van der Waals surface area (Å²) >= 11 is 1.57. The van der Waals surface area contributed by atoms with Gasteiger partial charge in [0.15, 0.2) is 5.17 Å². The molecule has 0 saturated carbocycles. The quantitative estimate of drug-likeness (QED) is 0.809. The molecular formula is C9H12ClN3OS. The zero-order valence-corrected chi connectivity index (χ0v) is 9.61. The predicted octanol–water partition coefficient (Wildman–Crippen LogP) is 0.769. The first-order chi connectivity index (χ1) is 6.74. The third-order valence-corrected chi connectivity index (χ3v) is 3.00. The van der Waals surface area contributed by atoms with E-state index in [1.54, 1.807) is 24.0 Å². The van der Waals surface area contributed by atoms with Gasteiger partial charge in [0.25, 0.3) is 0 Å². The minimum atomic E-state index is -0.0647. The van der Waals surface area contributed by atoms with Crippen LogP contribution < -0.4 is 11.3 Å². The Hall–Kier alpha value is -0.940. The van der Waals surface area contributed by atoms with E-state index in [2.05, 4.69) is 9.98 Å². The summed E-state index contributed by atoms with van der Waals surface area (Å²) in [7, 11) is 0. The molecule has 0 amide bonds. The van der Waals surface area contributed by atoms with Crippen molar-refractivity contribution in [1.82, 2.24) is 4.98 Å². The first-order valence-corrected chi connectivity index (χ1v) is 5.36. The number of hydrogen-bond acceptors (Lipinski definition) is 4. The molecule has 0 saturated heterocycles. The van der Waals surface area contributed by atoms with Crippen molar-refractivity contribution >= 4 is 29.3 Å². The number of nitrogens with two attached hydrogens (primary N) is 1. The SMILES string of the molecule is Cl.NC1=NC(Cc2cc[nH]c(=O)c2)CS1. The highest BCUT2D eigenvalue weighted by atomic mass is 35.5. The van der Waals surface area contributed by atoms with Crippen LogP contribution in [-0.2, 0) is 6.42 Å². The molecule has 1 unspecified atom stereocenters. The lowest BCUT2D eigenvalue weighted by Gasteiger charge is -2.04. The monoisotopic (exact) mass is 245 g/mol. The normalized spacial score (nSPS) is 19.5. The molecule has 0 bridgehead atoms. The van der Waals surface area contributed by atoms with Crippen LogP contribution in [0.5, 0.6) is 0 Å². The number of nitrogens with one attached hydrogen (secondary N) is 1. The number of aromatic nitrogens is 1. The van der Waals surface area contributed by atoms with Crippen LogP contribution in [0.1, 0.15) is 5.56 Å². The number of amidine groups is 1. The van der Waals surface area contributed by atoms with Gasteiger partial charge in [0.1, 0.15) is 0 Å². The standard InChI is InChI=1S/C9H11N3OS.ClH/c10-9-12-7(5-14-9)3-6-1-2-11-8(13)4-6;/h1-2,4,7H,3,5H2,(H2,10,12)(H,11,13);1H. The van der Waals surface area contributed by atoms with Crippen LogP contribution in [0.15, 0.2) is 28.1 Å². The Morgan fingerprint density at radius 2 is 2.47 bits per heavy atom. The summed E-state index contributed by atoms with van der Waals surface area (Å²) in [4.78, 5) is 17.8. The van der Waals surface area contributed by atoms with Gasteiger partial charge in [-0.05, 0) is 18.1 Å². The number of H-pyrrole nitrogens is 1. The van der Waals surface area contributed by atoms with E-state index in [1.807, 2.05) is 6.07 Å². The second-order valence-corrected chi connectivity index (χ2v) is 4.24. The van der Waals surface area contributed by atoms with Crippen molar-refractivity contribution in [2.45, 2.75) is 12.5 Å². The number of nitrogens with zero attached hydrogens (tertiary/aromatic N) is 1. The fraction of sp³-hybridized carbons (Fsp3) is 0.333. The van der Waals surface area contributed by atoms with Gasteiger partial charge in [-0.3, -0.25) is 9.79 Å². The molecule has 82 valence electrons. The minimum Gasteiger partial charge on any atom is -0.379 e. The van der Waals surface area contributed by atoms with E-state index in [4.69, 9.17) is 5.73 Å². The van der Waals surface area contributed by atoms with E-state index in [9.17, 15) is 4.79 Å². The topological polar surface area (TPSA) is 71.2 Å². The van der Waals surface area contributed by atoms with Crippen LogP contribution >= 0.6 is 24.2 Å². The van der Waals surface area contributed by atoms with E-state index < -0.39 is 0 Å². The second kappa shape index (κ2) is 5.23. The first kappa shape index (κ1) is 12.1. The summed E-state index contributed by atoms with van der Waals surface area (Å²) in [5.41, 5.74) is 6.50. The van der Waals surface area contributed by atoms with Gasteiger partial charge < -0.3 is 10.7 Å². The van der Waals surface area contributed by atoms with E-state index in [0.29, 0.717) is 5.17 Å². The minimum absolute atomic E-state index is 0. The number of rotatable bonds is 2. The Morgan fingerprint density at radius 3 is 3.07 bits per heavy atom. The molecule has 1 aliphatic heterocycles. The van der Waals surface area contributed by atoms with Crippen molar-refractivity contribution in [3.05, 3.63) is 34.2 Å². The lowest BCUT2D eigenvalue weighted by Crippen LogP contribution is -2.11. The van der Waals surface area contributed by atoms with Crippen molar-refractivity contribution in [2.24, 2.45) is 10.7 Å². The summed E-state index contributed by atoms with van der Waals surface area (Å²) in [5, 5.41) is 0.653. The van der Waals surface area contributed by atoms with Crippen LogP contribution in [-0.4, -0.2) is 21.9 Å². The summed E-state index contributed by atoms with van der Waals surface area (Å²) in [6.45, 7) is 0. The summed E-state index contributed by atoms with van der Waals surface area (Å²) < 4.78 is 0. The van der Waals surface area contributed by atoms with Gasteiger partial charge in [-0.25, -0.2) is 0 Å². The predicted molar refractivity (Wildman–Crippen MR) is 65.9 cm³/mol. The molecular weight excluding hydrogens is 234 g/mol. The highest BCUT2D eigenvalue weighted by molar-refractivity contribution is 8.14. The highest BCUT2D eigenvalue weighted by Gasteiger charge is 2.16. The molecule has 15 heavy (non-hydrogen) atoms. The van der Waals surface area contributed by atoms with E-state index in [-0.39, 0.29) is 24.0 Å². The molecule has 1 aromatic heterocycles. The van der Waals surface area contributed by atoms with Gasteiger partial charge in [-0.15, -0.1) is 12.4 Å². The van der Waals surface area contributed by atoms with Gasteiger partial charge >= 0.3 is 0 Å². The maximum Gasteiger partial charge on any atom is 0.248 e. The van der Waals surface area contributed by atoms with Crippen molar-refractivity contribution in [3.63, 3.8) is 0 Å². The largest absolute Gasteiger partial charge is 0.379 e. The molecule has 1 atom stereocenters. The molecule has 1 aromatic rings. The van der Waals surface area contributed by atoms with Crippen LogP contribution in [0.25, 0.3) is 0 Å². The van der Waals surface area contributed by atoms with Gasteiger partial charge in [0.2, 0.25) is 5.56 Å². The summed E-state index contributed by atoms with van der Waals surface area (Å²) in [5.74, 6) is 0.915. The summed E-state index contributed by atoms with van der Waals surface area (Å²) in [6, 6.07) is 3.73. The first-order valence-electron chi connectivity index (χ1n) is 4.38. The number of aromatic amines is 1. The van der Waals surface area contributed by atoms with Crippen LogP contribution in [0.2, 0.25) is 0 Å². The Morgan fingerprint density at radius 1 is 1.67 bits per heavy atom. The maximum absolute atomic E-state index is 11.0. The Kier molecular flexibility index (Phi) is 4.23. The van der Waals surface area contributed by atoms with E-state index in [0.717, 1.165) is 17.7 Å². The zero-order valence-electron chi connectivity index (χ0n) is 7.97. The lowest BCUT2D eigenvalue weighted by molar-refractivity contribution is 0.760. The molecule has 6 heteroatoms. The van der Waals surface area contributed by atoms with Crippen molar-refractivity contribution in [3.8, 4) is 0 Å². The van der Waals surface area contributed by atoms with Gasteiger partial charge in [-0.2, -0.15) is 0 Å². The van der Waals surface area contributed by atoms with Gasteiger partial charge in [0.05, 0.1) is 6.04 Å². The van der Waals surface area contributed by atoms with Crippen molar-refractivity contribution < 1.29 is 0 Å². The fourth-order valence-corrected chi connectivity index (χ4v) is 2.21. The maximum atomic E-state index is 11.0. The highest BCUT2D eigenvalue weighted by Crippen LogP contribution is 2.17. The lowest BCUT2D eigenvalue weighted by atomic mass is 10.1. The van der Waals surface area contributed by atoms with Crippen LogP contribution in [0.4, 0.5) is 0 Å². The average molecular weight is 246 g/mol. The Bertz CT molecular complexity index is 418. The fourth-order valence-electron chi connectivity index (χ4n) is 1.43. The molecule has 0 spiro atoms. The second-order valence-electron chi connectivity index (χ2n) is 3.20. The van der Waals surface area contributed by atoms with Crippen molar-refractivity contribution in [2.75, 3.05) is 5.75 Å². The van der Waals surface area contributed by atoms with Gasteiger partial charge in [-0.1, -0.05) is 11.8 Å². The molecule has 4 nitrogen and oxygen atoms in total. The molecule has 2 rings (SSSR count). The van der Waals surface area contributed by atoms with Crippen LogP contribution in [0.3, 0.4) is 0 Å². The third kappa shape index (κ3) is 3.28.